The fourth-order valence-electron chi connectivity index (χ4n) is 3.98. The Morgan fingerprint density at radius 2 is 1.71 bits per heavy atom. The standard InChI is InChI=1S/C25H27N5O/c1-17-13-20(15-26)14-18(2)23(17)31-24-19(3)16-27-25(29-24)28-21-9-11-30(12-10-21)22-7-5-4-6-8-22/h4-8,13-14,16,21H,9-12H2,1-3H3,(H,27,28,29). The molecule has 0 atom stereocenters. The monoisotopic (exact) mass is 413 g/mol. The van der Waals surface area contributed by atoms with Crippen molar-refractivity contribution in [1.29, 1.82) is 5.26 Å². The number of piperidine rings is 1. The molecule has 31 heavy (non-hydrogen) atoms. The Morgan fingerprint density at radius 1 is 1.03 bits per heavy atom. The summed E-state index contributed by atoms with van der Waals surface area (Å²) in [5.74, 6) is 1.86. The number of rotatable bonds is 5. The van der Waals surface area contributed by atoms with Gasteiger partial charge in [-0.25, -0.2) is 4.98 Å². The Balaban J connectivity index is 1.44. The second-order valence-corrected chi connectivity index (χ2v) is 8.08. The maximum Gasteiger partial charge on any atom is 0.226 e. The van der Waals surface area contributed by atoms with Crippen LogP contribution in [-0.2, 0) is 0 Å². The smallest absolute Gasteiger partial charge is 0.226 e. The Labute approximate surface area is 183 Å². The van der Waals surface area contributed by atoms with Crippen LogP contribution in [0.2, 0.25) is 0 Å². The SMILES string of the molecule is Cc1cnc(NC2CCN(c3ccccc3)CC2)nc1Oc1c(C)cc(C#N)cc1C. The molecular weight excluding hydrogens is 386 g/mol. The van der Waals surface area contributed by atoms with Crippen LogP contribution in [-0.4, -0.2) is 29.1 Å². The lowest BCUT2D eigenvalue weighted by molar-refractivity contribution is 0.450. The van der Waals surface area contributed by atoms with Crippen LogP contribution < -0.4 is 15.0 Å². The second-order valence-electron chi connectivity index (χ2n) is 8.08. The summed E-state index contributed by atoms with van der Waals surface area (Å²) in [5, 5.41) is 12.6. The normalized spacial score (nSPS) is 14.2. The molecule has 0 spiro atoms. The number of nitrogens with zero attached hydrogens (tertiary/aromatic N) is 4. The summed E-state index contributed by atoms with van der Waals surface area (Å²) in [6, 6.07) is 16.7. The van der Waals surface area contributed by atoms with Crippen molar-refractivity contribution in [2.24, 2.45) is 0 Å². The molecule has 1 saturated heterocycles. The van der Waals surface area contributed by atoms with Crippen molar-refractivity contribution in [3.63, 3.8) is 0 Å². The van der Waals surface area contributed by atoms with Crippen molar-refractivity contribution < 1.29 is 4.74 Å². The molecule has 0 saturated carbocycles. The zero-order valence-corrected chi connectivity index (χ0v) is 18.2. The van der Waals surface area contributed by atoms with Gasteiger partial charge in [0.2, 0.25) is 11.8 Å². The van der Waals surface area contributed by atoms with Crippen LogP contribution >= 0.6 is 0 Å². The number of benzene rings is 2. The van der Waals surface area contributed by atoms with Gasteiger partial charge in [0.15, 0.2) is 0 Å². The van der Waals surface area contributed by atoms with Gasteiger partial charge in [-0.2, -0.15) is 10.2 Å². The molecule has 6 nitrogen and oxygen atoms in total. The van der Waals surface area contributed by atoms with Gasteiger partial charge in [-0.1, -0.05) is 18.2 Å². The van der Waals surface area contributed by atoms with Crippen molar-refractivity contribution in [3.8, 4) is 17.7 Å². The highest BCUT2D eigenvalue weighted by Crippen LogP contribution is 2.31. The van der Waals surface area contributed by atoms with E-state index in [1.54, 1.807) is 6.20 Å². The summed E-state index contributed by atoms with van der Waals surface area (Å²) < 4.78 is 6.17. The van der Waals surface area contributed by atoms with E-state index in [1.165, 1.54) is 5.69 Å². The summed E-state index contributed by atoms with van der Waals surface area (Å²) in [4.78, 5) is 11.5. The summed E-state index contributed by atoms with van der Waals surface area (Å²) in [7, 11) is 0. The van der Waals surface area contributed by atoms with Crippen LogP contribution in [0.4, 0.5) is 11.6 Å². The number of nitrogens with one attached hydrogen (secondary N) is 1. The van der Waals surface area contributed by atoms with E-state index in [0.29, 0.717) is 23.4 Å². The number of aromatic nitrogens is 2. The predicted octanol–water partition coefficient (Wildman–Crippen LogP) is 5.15. The molecule has 1 aliphatic rings. The molecule has 0 radical (unpaired) electrons. The van der Waals surface area contributed by atoms with E-state index >= 15 is 0 Å². The van der Waals surface area contributed by atoms with Crippen molar-refractivity contribution in [2.45, 2.75) is 39.7 Å². The summed E-state index contributed by atoms with van der Waals surface area (Å²) in [6.07, 6.45) is 3.84. The molecular formula is C25H27N5O. The minimum Gasteiger partial charge on any atom is -0.438 e. The van der Waals surface area contributed by atoms with E-state index in [4.69, 9.17) is 10.00 Å². The maximum absolute atomic E-state index is 9.16. The first-order valence-electron chi connectivity index (χ1n) is 10.6. The average Bonchev–Trinajstić information content (AvgIpc) is 2.79. The molecule has 0 bridgehead atoms. The van der Waals surface area contributed by atoms with E-state index < -0.39 is 0 Å². The van der Waals surface area contributed by atoms with E-state index in [0.717, 1.165) is 48.4 Å². The molecule has 4 rings (SSSR count). The van der Waals surface area contributed by atoms with Gasteiger partial charge in [0.25, 0.3) is 0 Å². The van der Waals surface area contributed by atoms with Crippen molar-refractivity contribution >= 4 is 11.6 Å². The predicted molar refractivity (Wildman–Crippen MR) is 123 cm³/mol. The largest absolute Gasteiger partial charge is 0.438 e. The van der Waals surface area contributed by atoms with Crippen LogP contribution in [0.25, 0.3) is 0 Å². The molecule has 1 aliphatic heterocycles. The molecule has 158 valence electrons. The quantitative estimate of drug-likeness (QED) is 0.624. The Hall–Kier alpha value is -3.59. The van der Waals surface area contributed by atoms with Crippen molar-refractivity contribution in [3.05, 3.63) is 70.9 Å². The van der Waals surface area contributed by atoms with Gasteiger partial charge in [-0.15, -0.1) is 0 Å². The first kappa shape index (κ1) is 20.7. The fraction of sp³-hybridized carbons (Fsp3) is 0.320. The molecule has 2 heterocycles. The molecule has 1 N–H and O–H groups in total. The summed E-state index contributed by atoms with van der Waals surface area (Å²) in [5.41, 5.74) is 4.60. The Morgan fingerprint density at radius 3 is 2.35 bits per heavy atom. The van der Waals surface area contributed by atoms with Gasteiger partial charge in [-0.3, -0.25) is 0 Å². The highest BCUT2D eigenvalue weighted by Gasteiger charge is 2.20. The minimum absolute atomic E-state index is 0.328. The number of ether oxygens (including phenoxy) is 1. The van der Waals surface area contributed by atoms with E-state index in [1.807, 2.05) is 39.0 Å². The number of para-hydroxylation sites is 1. The van der Waals surface area contributed by atoms with Crippen LogP contribution in [0.15, 0.2) is 48.7 Å². The Kier molecular flexibility index (Phi) is 6.03. The van der Waals surface area contributed by atoms with E-state index in [-0.39, 0.29) is 0 Å². The first-order chi connectivity index (χ1) is 15.0. The third-order valence-corrected chi connectivity index (χ3v) is 5.66. The van der Waals surface area contributed by atoms with Crippen LogP contribution in [0.3, 0.4) is 0 Å². The summed E-state index contributed by atoms with van der Waals surface area (Å²) in [6.45, 7) is 7.82. The highest BCUT2D eigenvalue weighted by atomic mass is 16.5. The molecule has 0 amide bonds. The molecule has 1 fully saturated rings. The number of nitriles is 1. The third-order valence-electron chi connectivity index (χ3n) is 5.66. The number of aryl methyl sites for hydroxylation is 3. The minimum atomic E-state index is 0.328. The number of anilines is 2. The van der Waals surface area contributed by atoms with Crippen LogP contribution in [0, 0.1) is 32.1 Å². The number of hydrogen-bond acceptors (Lipinski definition) is 6. The molecule has 6 heteroatoms. The van der Waals surface area contributed by atoms with Gasteiger partial charge in [0, 0.05) is 36.6 Å². The van der Waals surface area contributed by atoms with Crippen molar-refractivity contribution in [1.82, 2.24) is 9.97 Å². The van der Waals surface area contributed by atoms with Crippen molar-refractivity contribution in [2.75, 3.05) is 23.3 Å². The Bertz CT molecular complexity index is 1080. The second kappa shape index (κ2) is 9.05. The van der Waals surface area contributed by atoms with Crippen LogP contribution in [0.5, 0.6) is 11.6 Å². The molecule has 2 aromatic carbocycles. The van der Waals surface area contributed by atoms with Gasteiger partial charge in [-0.05, 0) is 69.0 Å². The zero-order chi connectivity index (χ0) is 21.8. The van der Waals surface area contributed by atoms with Gasteiger partial charge in [0.1, 0.15) is 5.75 Å². The van der Waals surface area contributed by atoms with E-state index in [2.05, 4.69) is 50.5 Å². The lowest BCUT2D eigenvalue weighted by atomic mass is 10.0. The average molecular weight is 414 g/mol. The zero-order valence-electron chi connectivity index (χ0n) is 18.2. The lowest BCUT2D eigenvalue weighted by Crippen LogP contribution is -2.39. The molecule has 0 aliphatic carbocycles. The first-order valence-corrected chi connectivity index (χ1v) is 10.6. The topological polar surface area (TPSA) is 74.1 Å². The molecule has 0 unspecified atom stereocenters. The van der Waals surface area contributed by atoms with Gasteiger partial charge >= 0.3 is 0 Å². The van der Waals surface area contributed by atoms with Gasteiger partial charge < -0.3 is 15.0 Å². The highest BCUT2D eigenvalue weighted by molar-refractivity contribution is 5.49. The third kappa shape index (κ3) is 4.77. The van der Waals surface area contributed by atoms with Gasteiger partial charge in [0.05, 0.1) is 11.6 Å². The van der Waals surface area contributed by atoms with Crippen LogP contribution in [0.1, 0.15) is 35.1 Å². The summed E-state index contributed by atoms with van der Waals surface area (Å²) >= 11 is 0. The number of hydrogen-bond donors (Lipinski definition) is 1. The van der Waals surface area contributed by atoms with E-state index in [9.17, 15) is 0 Å². The molecule has 3 aromatic rings. The maximum atomic E-state index is 9.16. The molecule has 1 aromatic heterocycles. The fourth-order valence-corrected chi connectivity index (χ4v) is 3.98. The lowest BCUT2D eigenvalue weighted by Gasteiger charge is -2.34.